The zero-order chi connectivity index (χ0) is 33.1. The summed E-state index contributed by atoms with van der Waals surface area (Å²) in [4.78, 5) is 26.2. The van der Waals surface area contributed by atoms with Gasteiger partial charge in [-0.15, -0.1) is 0 Å². The van der Waals surface area contributed by atoms with E-state index >= 15 is 4.39 Å². The molecule has 3 aromatic carbocycles. The van der Waals surface area contributed by atoms with E-state index in [1.54, 1.807) is 44.2 Å². The van der Waals surface area contributed by atoms with Crippen LogP contribution in [0.2, 0.25) is 0 Å². The Morgan fingerprint density at radius 1 is 0.750 bits per heavy atom. The van der Waals surface area contributed by atoms with Gasteiger partial charge in [0.2, 0.25) is 0 Å². The first-order valence-electron chi connectivity index (χ1n) is 12.9. The minimum atomic E-state index is -6.32. The van der Waals surface area contributed by atoms with E-state index in [4.69, 9.17) is 18.9 Å². The van der Waals surface area contributed by atoms with Crippen LogP contribution >= 0.6 is 0 Å². The Hall–Kier alpha value is -4.17. The van der Waals surface area contributed by atoms with Crippen LogP contribution in [0.25, 0.3) is 0 Å². The van der Waals surface area contributed by atoms with Crippen molar-refractivity contribution in [3.05, 3.63) is 86.2 Å². The molecule has 0 amide bonds. The maximum absolute atomic E-state index is 15.7. The summed E-state index contributed by atoms with van der Waals surface area (Å²) in [6.07, 6.45) is 0. The van der Waals surface area contributed by atoms with Crippen LogP contribution in [0.3, 0.4) is 0 Å². The molecule has 0 fully saturated rings. The summed E-state index contributed by atoms with van der Waals surface area (Å²) in [5.41, 5.74) is -5.85. The molecule has 3 aromatic rings. The molecular weight excluding hydrogens is 612 g/mol. The summed E-state index contributed by atoms with van der Waals surface area (Å²) >= 11 is 0. The molecule has 0 aliphatic carbocycles. The van der Waals surface area contributed by atoms with Crippen LogP contribution in [0.4, 0.5) is 17.6 Å². The topological polar surface area (TPSA) is 114 Å². The molecule has 9 nitrogen and oxygen atoms in total. The number of esters is 2. The molecule has 3 rings (SSSR count). The average molecular weight is 643 g/mol. The van der Waals surface area contributed by atoms with Crippen LogP contribution in [0.5, 0.6) is 17.2 Å². The number of halogens is 4. The molecule has 0 spiro atoms. The lowest BCUT2D eigenvalue weighted by Gasteiger charge is -2.22. The number of alkyl halides is 3. The molecule has 0 heterocycles. The fourth-order valence-electron chi connectivity index (χ4n) is 4.38. The summed E-state index contributed by atoms with van der Waals surface area (Å²) < 4.78 is 105. The molecule has 0 aliphatic heterocycles. The lowest BCUT2D eigenvalue weighted by atomic mass is 9.93. The molecule has 0 radical (unpaired) electrons. The van der Waals surface area contributed by atoms with Gasteiger partial charge < -0.3 is 23.1 Å². The van der Waals surface area contributed by atoms with Crippen molar-refractivity contribution in [2.75, 3.05) is 13.9 Å². The number of rotatable bonds is 10. The maximum Gasteiger partial charge on any atom is 0.534 e. The minimum Gasteiger partial charge on any atom is -0.485 e. The molecule has 0 saturated heterocycles. The first-order chi connectivity index (χ1) is 20.4. The highest BCUT2D eigenvalue weighted by molar-refractivity contribution is 7.88. The molecular formula is C30H30F4O9S. The summed E-state index contributed by atoms with van der Waals surface area (Å²) in [5.74, 6) is -5.07. The number of ether oxygens (including phenoxy) is 4. The van der Waals surface area contributed by atoms with Gasteiger partial charge in [-0.05, 0) is 69.4 Å². The van der Waals surface area contributed by atoms with Gasteiger partial charge in [0.15, 0.2) is 24.1 Å². The smallest absolute Gasteiger partial charge is 0.485 e. The summed E-state index contributed by atoms with van der Waals surface area (Å²) in [5, 5.41) is 0. The van der Waals surface area contributed by atoms with Crippen LogP contribution in [0.1, 0.15) is 59.7 Å². The Kier molecular flexibility index (Phi) is 10.3. The van der Waals surface area contributed by atoms with Crippen molar-refractivity contribution < 1.29 is 58.7 Å². The summed E-state index contributed by atoms with van der Waals surface area (Å²) in [6.45, 7) is 7.69. The monoisotopic (exact) mass is 642 g/mol. The number of methoxy groups -OCH3 is 1. The predicted molar refractivity (Wildman–Crippen MR) is 150 cm³/mol. The molecule has 0 bridgehead atoms. The zero-order valence-electron chi connectivity index (χ0n) is 24.9. The average Bonchev–Trinajstić information content (AvgIpc) is 2.96. The number of hydrogen-bond donors (Lipinski definition) is 0. The molecule has 0 aromatic heterocycles. The fourth-order valence-corrected chi connectivity index (χ4v) is 4.90. The van der Waals surface area contributed by atoms with Gasteiger partial charge in [0.1, 0.15) is 17.9 Å². The Labute approximate surface area is 251 Å². The van der Waals surface area contributed by atoms with Gasteiger partial charge in [0.25, 0.3) is 0 Å². The second kappa shape index (κ2) is 13.2. The van der Waals surface area contributed by atoms with Crippen molar-refractivity contribution in [3.63, 3.8) is 0 Å². The second-order valence-electron chi connectivity index (χ2n) is 9.79. The van der Waals surface area contributed by atoms with Crippen molar-refractivity contribution in [1.29, 1.82) is 0 Å². The SMILES string of the molecule is COCOC(=O)c1c(C)c(C)c(OC(=O)c2c(C)c(F)c(OCc3ccccc3)c(C)c2OS(=O)(=O)C(F)(F)F)c(C)c1C. The van der Waals surface area contributed by atoms with Crippen LogP contribution in [-0.4, -0.2) is 39.8 Å². The van der Waals surface area contributed by atoms with Gasteiger partial charge >= 0.3 is 27.6 Å². The molecule has 44 heavy (non-hydrogen) atoms. The van der Waals surface area contributed by atoms with Gasteiger partial charge in [-0.1, -0.05) is 30.3 Å². The number of carbonyl (C=O) groups excluding carboxylic acids is 2. The van der Waals surface area contributed by atoms with E-state index in [0.717, 1.165) is 13.8 Å². The second-order valence-corrected chi connectivity index (χ2v) is 11.3. The van der Waals surface area contributed by atoms with Gasteiger partial charge in [0.05, 0.1) is 5.56 Å². The van der Waals surface area contributed by atoms with Crippen molar-refractivity contribution in [3.8, 4) is 17.2 Å². The van der Waals surface area contributed by atoms with Gasteiger partial charge in [0, 0.05) is 18.2 Å². The minimum absolute atomic E-state index is 0.0835. The quantitative estimate of drug-likeness (QED) is 0.0614. The highest BCUT2D eigenvalue weighted by atomic mass is 32.2. The lowest BCUT2D eigenvalue weighted by molar-refractivity contribution is -0.0500. The number of hydrogen-bond acceptors (Lipinski definition) is 9. The van der Waals surface area contributed by atoms with Crippen molar-refractivity contribution in [2.45, 2.75) is 53.7 Å². The molecule has 0 saturated carbocycles. The van der Waals surface area contributed by atoms with E-state index in [9.17, 15) is 31.2 Å². The molecule has 238 valence electrons. The van der Waals surface area contributed by atoms with Gasteiger partial charge in [-0.2, -0.15) is 21.6 Å². The zero-order valence-corrected chi connectivity index (χ0v) is 25.7. The van der Waals surface area contributed by atoms with E-state index in [2.05, 4.69) is 4.18 Å². The third-order valence-corrected chi connectivity index (χ3v) is 7.93. The molecule has 0 N–H and O–H groups in total. The maximum atomic E-state index is 15.7. The highest BCUT2D eigenvalue weighted by Crippen LogP contribution is 2.42. The van der Waals surface area contributed by atoms with Crippen LogP contribution in [0, 0.1) is 47.4 Å². The van der Waals surface area contributed by atoms with Crippen molar-refractivity contribution in [2.24, 2.45) is 0 Å². The van der Waals surface area contributed by atoms with E-state index in [1.165, 1.54) is 21.0 Å². The van der Waals surface area contributed by atoms with Crippen molar-refractivity contribution >= 4 is 22.1 Å². The normalized spacial score (nSPS) is 11.7. The molecule has 0 atom stereocenters. The Morgan fingerprint density at radius 2 is 1.32 bits per heavy atom. The van der Waals surface area contributed by atoms with Crippen LogP contribution < -0.4 is 13.7 Å². The largest absolute Gasteiger partial charge is 0.534 e. The Bertz CT molecular complexity index is 1670. The highest BCUT2D eigenvalue weighted by Gasteiger charge is 2.49. The summed E-state index contributed by atoms with van der Waals surface area (Å²) in [6, 6.07) is 8.38. The van der Waals surface area contributed by atoms with E-state index in [-0.39, 0.29) is 35.8 Å². The fraction of sp³-hybridized carbons (Fsp3) is 0.333. The summed E-state index contributed by atoms with van der Waals surface area (Å²) in [7, 11) is -4.98. The third kappa shape index (κ3) is 6.81. The van der Waals surface area contributed by atoms with Gasteiger partial charge in [-0.3, -0.25) is 0 Å². The number of benzene rings is 3. The first kappa shape index (κ1) is 34.3. The molecule has 0 aliphatic rings. The Balaban J connectivity index is 2.17. The standard InChI is InChI=1S/C30H30F4O9S/c1-15-17(3)25(18(4)16(2)22(15)28(35)41-14-39-7)42-29(36)23-19(5)24(31)27(40-13-21-11-9-8-10-12-21)20(6)26(23)43-44(37,38)30(32,33)34/h8-12H,13-14H2,1-7H3. The van der Waals surface area contributed by atoms with Crippen LogP contribution in [0.15, 0.2) is 30.3 Å². The van der Waals surface area contributed by atoms with Crippen LogP contribution in [-0.2, 0) is 26.2 Å². The molecule has 14 heteroatoms. The lowest BCUT2D eigenvalue weighted by Crippen LogP contribution is -2.29. The third-order valence-electron chi connectivity index (χ3n) is 6.98. The Morgan fingerprint density at radius 3 is 1.84 bits per heavy atom. The van der Waals surface area contributed by atoms with E-state index in [0.29, 0.717) is 16.7 Å². The first-order valence-corrected chi connectivity index (χ1v) is 14.3. The predicted octanol–water partition coefficient (Wildman–Crippen LogP) is 6.46. The van der Waals surface area contributed by atoms with Crippen molar-refractivity contribution in [1.82, 2.24) is 0 Å². The van der Waals surface area contributed by atoms with E-state index in [1.807, 2.05) is 0 Å². The van der Waals surface area contributed by atoms with Gasteiger partial charge in [-0.25, -0.2) is 14.0 Å². The van der Waals surface area contributed by atoms with E-state index < -0.39 is 61.6 Å². The number of carbonyl (C=O) groups is 2. The molecule has 0 unspecified atom stereocenters.